The monoisotopic (exact) mass is 178 g/mol. The zero-order valence-corrected chi connectivity index (χ0v) is 7.04. The SMILES string of the molecule is CO[C@@H]1[C@@H](O)[C@@H](O)[C@H](O)O[C@H]1C. The van der Waals surface area contributed by atoms with Crippen LogP contribution < -0.4 is 0 Å². The molecule has 1 aliphatic rings. The van der Waals surface area contributed by atoms with Gasteiger partial charge in [-0.2, -0.15) is 0 Å². The molecule has 1 saturated heterocycles. The average Bonchev–Trinajstić information content (AvgIpc) is 2.01. The highest BCUT2D eigenvalue weighted by molar-refractivity contribution is 4.87. The maximum Gasteiger partial charge on any atom is 0.183 e. The Morgan fingerprint density at radius 1 is 1.17 bits per heavy atom. The number of methoxy groups -OCH3 is 1. The van der Waals surface area contributed by atoms with Gasteiger partial charge in [0.15, 0.2) is 6.29 Å². The second-order valence-electron chi connectivity index (χ2n) is 2.91. The van der Waals surface area contributed by atoms with Crippen LogP contribution in [0, 0.1) is 0 Å². The molecule has 12 heavy (non-hydrogen) atoms. The third kappa shape index (κ3) is 1.60. The van der Waals surface area contributed by atoms with Crippen molar-refractivity contribution in [2.75, 3.05) is 7.11 Å². The van der Waals surface area contributed by atoms with Crippen molar-refractivity contribution < 1.29 is 24.8 Å². The summed E-state index contributed by atoms with van der Waals surface area (Å²) in [5, 5.41) is 27.6. The lowest BCUT2D eigenvalue weighted by atomic mass is 10.00. The predicted octanol–water partition coefficient (Wildman–Crippen LogP) is -1.54. The fourth-order valence-corrected chi connectivity index (χ4v) is 1.35. The minimum absolute atomic E-state index is 0.427. The van der Waals surface area contributed by atoms with Crippen molar-refractivity contribution in [3.05, 3.63) is 0 Å². The summed E-state index contributed by atoms with van der Waals surface area (Å²) in [7, 11) is 1.41. The van der Waals surface area contributed by atoms with Crippen molar-refractivity contribution in [1.82, 2.24) is 0 Å². The van der Waals surface area contributed by atoms with Gasteiger partial charge in [-0.15, -0.1) is 0 Å². The fourth-order valence-electron chi connectivity index (χ4n) is 1.35. The van der Waals surface area contributed by atoms with Crippen LogP contribution in [0.25, 0.3) is 0 Å². The number of rotatable bonds is 1. The highest BCUT2D eigenvalue weighted by Crippen LogP contribution is 2.21. The summed E-state index contributed by atoms with van der Waals surface area (Å²) in [5.74, 6) is 0. The lowest BCUT2D eigenvalue weighted by Gasteiger charge is -2.38. The fraction of sp³-hybridized carbons (Fsp3) is 1.00. The van der Waals surface area contributed by atoms with Crippen LogP contribution in [0.1, 0.15) is 6.92 Å². The molecule has 0 radical (unpaired) electrons. The molecule has 0 saturated carbocycles. The summed E-state index contributed by atoms with van der Waals surface area (Å²) in [6, 6.07) is 0. The van der Waals surface area contributed by atoms with E-state index in [1.807, 2.05) is 0 Å². The van der Waals surface area contributed by atoms with Crippen molar-refractivity contribution in [3.63, 3.8) is 0 Å². The van der Waals surface area contributed by atoms with Crippen LogP contribution in [0.3, 0.4) is 0 Å². The molecule has 0 amide bonds. The van der Waals surface area contributed by atoms with E-state index in [1.165, 1.54) is 7.11 Å². The summed E-state index contributed by atoms with van der Waals surface area (Å²) in [6.07, 6.45) is -4.76. The van der Waals surface area contributed by atoms with Gasteiger partial charge in [0.2, 0.25) is 0 Å². The first-order valence-electron chi connectivity index (χ1n) is 3.80. The molecule has 5 nitrogen and oxygen atoms in total. The molecule has 1 fully saturated rings. The third-order valence-electron chi connectivity index (χ3n) is 2.07. The maximum absolute atomic E-state index is 9.36. The normalized spacial score (nSPS) is 49.2. The van der Waals surface area contributed by atoms with Crippen molar-refractivity contribution in [3.8, 4) is 0 Å². The largest absolute Gasteiger partial charge is 0.387 e. The Kier molecular flexibility index (Phi) is 3.03. The molecule has 3 N–H and O–H groups in total. The van der Waals surface area contributed by atoms with Crippen LogP contribution in [0.2, 0.25) is 0 Å². The molecular weight excluding hydrogens is 164 g/mol. The van der Waals surface area contributed by atoms with E-state index < -0.39 is 30.7 Å². The summed E-state index contributed by atoms with van der Waals surface area (Å²) in [4.78, 5) is 0. The van der Waals surface area contributed by atoms with Gasteiger partial charge in [0.1, 0.15) is 18.3 Å². The Labute approximate surface area is 70.5 Å². The lowest BCUT2D eigenvalue weighted by Crippen LogP contribution is -2.57. The summed E-state index contributed by atoms with van der Waals surface area (Å²) < 4.78 is 9.78. The minimum atomic E-state index is -1.33. The number of ether oxygens (including phenoxy) is 2. The number of aliphatic hydroxyl groups excluding tert-OH is 3. The summed E-state index contributed by atoms with van der Waals surface area (Å²) in [5.41, 5.74) is 0. The van der Waals surface area contributed by atoms with Gasteiger partial charge in [0.25, 0.3) is 0 Å². The molecule has 0 spiro atoms. The molecule has 0 aromatic heterocycles. The van der Waals surface area contributed by atoms with Crippen molar-refractivity contribution in [1.29, 1.82) is 0 Å². The molecule has 0 aromatic carbocycles. The van der Waals surface area contributed by atoms with E-state index in [0.29, 0.717) is 0 Å². The first-order valence-corrected chi connectivity index (χ1v) is 3.80. The lowest BCUT2D eigenvalue weighted by molar-refractivity contribution is -0.281. The third-order valence-corrected chi connectivity index (χ3v) is 2.07. The number of hydrogen-bond donors (Lipinski definition) is 3. The Morgan fingerprint density at radius 3 is 2.25 bits per heavy atom. The van der Waals surface area contributed by atoms with Crippen LogP contribution in [0.4, 0.5) is 0 Å². The Hall–Kier alpha value is -0.200. The van der Waals surface area contributed by atoms with E-state index >= 15 is 0 Å². The maximum atomic E-state index is 9.36. The van der Waals surface area contributed by atoms with Crippen LogP contribution in [-0.4, -0.2) is 53.1 Å². The second kappa shape index (κ2) is 3.68. The molecule has 1 aliphatic heterocycles. The van der Waals surface area contributed by atoms with Gasteiger partial charge in [-0.05, 0) is 6.92 Å². The first-order chi connectivity index (χ1) is 5.57. The predicted molar refractivity (Wildman–Crippen MR) is 39.4 cm³/mol. The summed E-state index contributed by atoms with van der Waals surface area (Å²) in [6.45, 7) is 1.66. The van der Waals surface area contributed by atoms with Crippen LogP contribution >= 0.6 is 0 Å². The molecule has 0 bridgehead atoms. The Balaban J connectivity index is 2.65. The van der Waals surface area contributed by atoms with Gasteiger partial charge in [-0.1, -0.05) is 0 Å². The van der Waals surface area contributed by atoms with Gasteiger partial charge < -0.3 is 24.8 Å². The molecule has 0 unspecified atom stereocenters. The zero-order valence-electron chi connectivity index (χ0n) is 7.04. The smallest absolute Gasteiger partial charge is 0.183 e. The number of hydrogen-bond acceptors (Lipinski definition) is 5. The standard InChI is InChI=1S/C7H14O5/c1-3-6(11-2)4(8)5(9)7(10)12-3/h3-10H,1-2H3/t3-,4-,5+,6-,7+/m0/s1. The first kappa shape index (κ1) is 9.88. The molecule has 1 heterocycles. The molecule has 1 rings (SSSR count). The molecule has 5 atom stereocenters. The van der Waals surface area contributed by atoms with Gasteiger partial charge in [0.05, 0.1) is 6.10 Å². The van der Waals surface area contributed by atoms with Gasteiger partial charge in [-0.3, -0.25) is 0 Å². The van der Waals surface area contributed by atoms with E-state index in [-0.39, 0.29) is 0 Å². The molecule has 0 aliphatic carbocycles. The van der Waals surface area contributed by atoms with Crippen LogP contribution in [-0.2, 0) is 9.47 Å². The minimum Gasteiger partial charge on any atom is -0.387 e. The summed E-state index contributed by atoms with van der Waals surface area (Å²) >= 11 is 0. The van der Waals surface area contributed by atoms with Crippen molar-refractivity contribution >= 4 is 0 Å². The topological polar surface area (TPSA) is 79.2 Å². The van der Waals surface area contributed by atoms with Crippen molar-refractivity contribution in [2.45, 2.75) is 37.6 Å². The number of aliphatic hydroxyl groups is 3. The Morgan fingerprint density at radius 2 is 1.75 bits per heavy atom. The van der Waals surface area contributed by atoms with Crippen LogP contribution in [0.15, 0.2) is 0 Å². The van der Waals surface area contributed by atoms with Crippen LogP contribution in [0.5, 0.6) is 0 Å². The van der Waals surface area contributed by atoms with E-state index in [0.717, 1.165) is 0 Å². The molecule has 5 heteroatoms. The van der Waals surface area contributed by atoms with E-state index in [9.17, 15) is 5.11 Å². The van der Waals surface area contributed by atoms with E-state index in [1.54, 1.807) is 6.92 Å². The Bertz CT molecular complexity index is 151. The zero-order chi connectivity index (χ0) is 9.30. The highest BCUT2D eigenvalue weighted by Gasteiger charge is 2.41. The van der Waals surface area contributed by atoms with E-state index in [4.69, 9.17) is 19.7 Å². The average molecular weight is 178 g/mol. The van der Waals surface area contributed by atoms with Gasteiger partial charge >= 0.3 is 0 Å². The molecular formula is C7H14O5. The quantitative estimate of drug-likeness (QED) is 0.453. The highest BCUT2D eigenvalue weighted by atomic mass is 16.6. The van der Waals surface area contributed by atoms with Gasteiger partial charge in [-0.25, -0.2) is 0 Å². The van der Waals surface area contributed by atoms with E-state index in [2.05, 4.69) is 0 Å². The second-order valence-corrected chi connectivity index (χ2v) is 2.91. The van der Waals surface area contributed by atoms with Crippen molar-refractivity contribution in [2.24, 2.45) is 0 Å². The molecule has 0 aromatic rings. The van der Waals surface area contributed by atoms with Gasteiger partial charge in [0, 0.05) is 7.11 Å². The molecule has 72 valence electrons.